The Labute approximate surface area is 127 Å². The molecule has 0 saturated heterocycles. The van der Waals surface area contributed by atoms with Crippen molar-refractivity contribution >= 4 is 11.7 Å². The van der Waals surface area contributed by atoms with E-state index in [1.807, 2.05) is 24.3 Å². The molecule has 0 heterocycles. The Morgan fingerprint density at radius 2 is 2.10 bits per heavy atom. The molecule has 21 heavy (non-hydrogen) atoms. The van der Waals surface area contributed by atoms with Gasteiger partial charge >= 0.3 is 6.03 Å². The van der Waals surface area contributed by atoms with Gasteiger partial charge in [0.15, 0.2) is 0 Å². The zero-order valence-corrected chi connectivity index (χ0v) is 13.1. The number of carbonyl (C=O) groups is 1. The summed E-state index contributed by atoms with van der Waals surface area (Å²) in [4.78, 5) is 11.7. The number of carbonyl (C=O) groups excluding carboxylic acids is 1. The Kier molecular flexibility index (Phi) is 8.47. The van der Waals surface area contributed by atoms with Crippen LogP contribution in [0.2, 0.25) is 0 Å². The van der Waals surface area contributed by atoms with E-state index in [0.29, 0.717) is 25.7 Å². The van der Waals surface area contributed by atoms with Crippen LogP contribution in [0.25, 0.3) is 0 Å². The number of rotatable bonds is 9. The summed E-state index contributed by atoms with van der Waals surface area (Å²) in [6.45, 7) is 6.62. The first-order valence-electron chi connectivity index (χ1n) is 7.32. The quantitative estimate of drug-likeness (QED) is 0.688. The molecular formula is C16H26N2O3. The van der Waals surface area contributed by atoms with Crippen molar-refractivity contribution in [2.75, 3.05) is 32.2 Å². The highest BCUT2D eigenvalue weighted by atomic mass is 16.5. The van der Waals surface area contributed by atoms with E-state index in [2.05, 4.69) is 24.5 Å². The van der Waals surface area contributed by atoms with E-state index in [4.69, 9.17) is 9.47 Å². The van der Waals surface area contributed by atoms with E-state index in [1.54, 1.807) is 7.11 Å². The molecule has 0 fully saturated rings. The van der Waals surface area contributed by atoms with Crippen LogP contribution >= 0.6 is 0 Å². The van der Waals surface area contributed by atoms with Crippen molar-refractivity contribution in [2.24, 2.45) is 5.92 Å². The van der Waals surface area contributed by atoms with Gasteiger partial charge in [-0.1, -0.05) is 26.0 Å². The standard InChI is InChI=1S/C16H26N2O3/c1-13(2)7-9-21-10-8-17-16(19)18-15-6-4-5-14(11-15)12-20-3/h4-6,11,13H,7-10,12H2,1-3H3,(H2,17,18,19). The van der Waals surface area contributed by atoms with E-state index in [1.165, 1.54) is 0 Å². The van der Waals surface area contributed by atoms with Gasteiger partial charge in [0.1, 0.15) is 0 Å². The minimum atomic E-state index is -0.225. The van der Waals surface area contributed by atoms with Crippen LogP contribution in [0.4, 0.5) is 10.5 Å². The lowest BCUT2D eigenvalue weighted by Gasteiger charge is -2.10. The van der Waals surface area contributed by atoms with E-state index in [-0.39, 0.29) is 6.03 Å². The zero-order chi connectivity index (χ0) is 15.5. The number of amides is 2. The van der Waals surface area contributed by atoms with Gasteiger partial charge in [-0.05, 0) is 30.0 Å². The molecule has 2 amide bonds. The Morgan fingerprint density at radius 1 is 1.29 bits per heavy atom. The van der Waals surface area contributed by atoms with Gasteiger partial charge < -0.3 is 20.1 Å². The van der Waals surface area contributed by atoms with Crippen LogP contribution < -0.4 is 10.6 Å². The molecule has 0 spiro atoms. The number of hydrogen-bond acceptors (Lipinski definition) is 3. The molecule has 0 aliphatic carbocycles. The number of anilines is 1. The molecule has 5 nitrogen and oxygen atoms in total. The van der Waals surface area contributed by atoms with Crippen LogP contribution in [0.1, 0.15) is 25.8 Å². The van der Waals surface area contributed by atoms with Crippen LogP contribution in [-0.2, 0) is 16.1 Å². The first-order chi connectivity index (χ1) is 10.1. The lowest BCUT2D eigenvalue weighted by molar-refractivity contribution is 0.126. The molecule has 0 atom stereocenters. The summed E-state index contributed by atoms with van der Waals surface area (Å²) in [6.07, 6.45) is 1.04. The SMILES string of the molecule is COCc1cccc(NC(=O)NCCOCCC(C)C)c1. The fourth-order valence-corrected chi connectivity index (χ4v) is 1.74. The molecule has 0 bridgehead atoms. The van der Waals surface area contributed by atoms with Crippen molar-refractivity contribution in [2.45, 2.75) is 26.9 Å². The molecule has 118 valence electrons. The maximum absolute atomic E-state index is 11.7. The second-order valence-corrected chi connectivity index (χ2v) is 5.31. The average Bonchev–Trinajstić information content (AvgIpc) is 2.43. The maximum atomic E-state index is 11.7. The van der Waals surface area contributed by atoms with Crippen LogP contribution in [0.15, 0.2) is 24.3 Å². The second kappa shape index (κ2) is 10.2. The van der Waals surface area contributed by atoms with E-state index >= 15 is 0 Å². The van der Waals surface area contributed by atoms with Gasteiger partial charge in [-0.2, -0.15) is 0 Å². The van der Waals surface area contributed by atoms with Gasteiger partial charge in [0.05, 0.1) is 13.2 Å². The Morgan fingerprint density at radius 3 is 2.81 bits per heavy atom. The van der Waals surface area contributed by atoms with E-state index < -0.39 is 0 Å². The molecular weight excluding hydrogens is 268 g/mol. The lowest BCUT2D eigenvalue weighted by atomic mass is 10.1. The predicted octanol–water partition coefficient (Wildman–Crippen LogP) is 3.02. The molecule has 1 aromatic carbocycles. The molecule has 5 heteroatoms. The summed E-state index contributed by atoms with van der Waals surface area (Å²) in [5.41, 5.74) is 1.77. The smallest absolute Gasteiger partial charge is 0.319 e. The number of benzene rings is 1. The summed E-state index contributed by atoms with van der Waals surface area (Å²) >= 11 is 0. The molecule has 1 rings (SSSR count). The molecule has 0 radical (unpaired) electrons. The summed E-state index contributed by atoms with van der Waals surface area (Å²) in [6, 6.07) is 7.35. The average molecular weight is 294 g/mol. The predicted molar refractivity (Wildman–Crippen MR) is 84.5 cm³/mol. The number of urea groups is 1. The molecule has 1 aromatic rings. The third kappa shape index (κ3) is 8.32. The minimum absolute atomic E-state index is 0.225. The topological polar surface area (TPSA) is 59.6 Å². The van der Waals surface area contributed by atoms with Gasteiger partial charge in [-0.3, -0.25) is 0 Å². The van der Waals surface area contributed by atoms with E-state index in [9.17, 15) is 4.79 Å². The molecule has 0 aliphatic heterocycles. The number of nitrogens with one attached hydrogen (secondary N) is 2. The van der Waals surface area contributed by atoms with Crippen molar-refractivity contribution in [3.05, 3.63) is 29.8 Å². The summed E-state index contributed by atoms with van der Waals surface area (Å²) < 4.78 is 10.5. The Balaban J connectivity index is 2.20. The minimum Gasteiger partial charge on any atom is -0.380 e. The molecule has 0 unspecified atom stereocenters. The summed E-state index contributed by atoms with van der Waals surface area (Å²) in [7, 11) is 1.64. The normalized spacial score (nSPS) is 10.7. The largest absolute Gasteiger partial charge is 0.380 e. The summed E-state index contributed by atoms with van der Waals surface area (Å²) in [5.74, 6) is 0.639. The number of ether oxygens (including phenoxy) is 2. The third-order valence-electron chi connectivity index (χ3n) is 2.87. The van der Waals surface area contributed by atoms with Gasteiger partial charge in [-0.15, -0.1) is 0 Å². The van der Waals surface area contributed by atoms with Crippen LogP contribution in [0.5, 0.6) is 0 Å². The van der Waals surface area contributed by atoms with Crippen molar-refractivity contribution in [1.29, 1.82) is 0 Å². The van der Waals surface area contributed by atoms with Crippen molar-refractivity contribution in [3.63, 3.8) is 0 Å². The van der Waals surface area contributed by atoms with Crippen molar-refractivity contribution in [3.8, 4) is 0 Å². The molecule has 2 N–H and O–H groups in total. The molecule has 0 aromatic heterocycles. The van der Waals surface area contributed by atoms with E-state index in [0.717, 1.165) is 24.3 Å². The Hall–Kier alpha value is -1.59. The van der Waals surface area contributed by atoms with Gasteiger partial charge in [-0.25, -0.2) is 4.79 Å². The monoisotopic (exact) mass is 294 g/mol. The van der Waals surface area contributed by atoms with Crippen LogP contribution in [0.3, 0.4) is 0 Å². The summed E-state index contributed by atoms with van der Waals surface area (Å²) in [5, 5.41) is 5.55. The highest BCUT2D eigenvalue weighted by molar-refractivity contribution is 5.89. The van der Waals surface area contributed by atoms with Crippen LogP contribution in [-0.4, -0.2) is 32.9 Å². The van der Waals surface area contributed by atoms with Gasteiger partial charge in [0, 0.05) is 25.9 Å². The zero-order valence-electron chi connectivity index (χ0n) is 13.1. The second-order valence-electron chi connectivity index (χ2n) is 5.31. The van der Waals surface area contributed by atoms with Gasteiger partial charge in [0.25, 0.3) is 0 Å². The first-order valence-corrected chi connectivity index (χ1v) is 7.32. The third-order valence-corrected chi connectivity index (χ3v) is 2.87. The number of methoxy groups -OCH3 is 1. The maximum Gasteiger partial charge on any atom is 0.319 e. The Bertz CT molecular complexity index is 422. The molecule has 0 aliphatic rings. The van der Waals surface area contributed by atoms with Crippen molar-refractivity contribution in [1.82, 2.24) is 5.32 Å². The fourth-order valence-electron chi connectivity index (χ4n) is 1.74. The highest BCUT2D eigenvalue weighted by Gasteiger charge is 2.02. The van der Waals surface area contributed by atoms with Gasteiger partial charge in [0.2, 0.25) is 0 Å². The lowest BCUT2D eigenvalue weighted by Crippen LogP contribution is -2.31. The number of hydrogen-bond donors (Lipinski definition) is 2. The molecule has 0 saturated carbocycles. The first kappa shape index (κ1) is 17.5. The highest BCUT2D eigenvalue weighted by Crippen LogP contribution is 2.11. The van der Waals surface area contributed by atoms with Crippen molar-refractivity contribution < 1.29 is 14.3 Å². The fraction of sp³-hybridized carbons (Fsp3) is 0.562. The van der Waals surface area contributed by atoms with Crippen LogP contribution in [0, 0.1) is 5.92 Å².